The molecule has 0 radical (unpaired) electrons. The van der Waals surface area contributed by atoms with Crippen molar-refractivity contribution in [3.63, 3.8) is 0 Å². The highest BCUT2D eigenvalue weighted by molar-refractivity contribution is 5.85. The first-order valence-electron chi connectivity index (χ1n) is 7.43. The number of carbonyl (C=O) groups is 2. The normalized spacial score (nSPS) is 30.6. The maximum Gasteiger partial charge on any atom is 0.307 e. The van der Waals surface area contributed by atoms with Gasteiger partial charge in [0.05, 0.1) is 11.8 Å². The lowest BCUT2D eigenvalue weighted by atomic mass is 9.94. The fourth-order valence-electron chi connectivity index (χ4n) is 3.25. The third-order valence-corrected chi connectivity index (χ3v) is 4.27. The lowest BCUT2D eigenvalue weighted by Gasteiger charge is -2.28. The van der Waals surface area contributed by atoms with Gasteiger partial charge in [0.1, 0.15) is 0 Å². The highest BCUT2D eigenvalue weighted by Crippen LogP contribution is 2.39. The van der Waals surface area contributed by atoms with Crippen molar-refractivity contribution in [3.05, 3.63) is 0 Å². The van der Waals surface area contributed by atoms with Crippen molar-refractivity contribution in [3.8, 4) is 0 Å². The monoisotopic (exact) mass is 267 g/mol. The van der Waals surface area contributed by atoms with Crippen molar-refractivity contribution in [1.82, 2.24) is 4.90 Å². The molecule has 1 N–H and O–H groups in total. The molecule has 2 aliphatic rings. The molecule has 0 aromatic carbocycles. The van der Waals surface area contributed by atoms with Gasteiger partial charge in [-0.2, -0.15) is 0 Å². The third-order valence-electron chi connectivity index (χ3n) is 4.27. The van der Waals surface area contributed by atoms with E-state index in [2.05, 4.69) is 13.8 Å². The molecule has 0 heterocycles. The molecular weight excluding hydrogens is 242 g/mol. The van der Waals surface area contributed by atoms with Gasteiger partial charge >= 0.3 is 5.97 Å². The van der Waals surface area contributed by atoms with Gasteiger partial charge in [-0.05, 0) is 37.5 Å². The van der Waals surface area contributed by atoms with Crippen LogP contribution in [0, 0.1) is 23.7 Å². The van der Waals surface area contributed by atoms with Gasteiger partial charge in [0.25, 0.3) is 0 Å². The van der Waals surface area contributed by atoms with Crippen molar-refractivity contribution in [1.29, 1.82) is 0 Å². The Morgan fingerprint density at radius 3 is 2.26 bits per heavy atom. The molecule has 0 spiro atoms. The zero-order valence-electron chi connectivity index (χ0n) is 12.1. The summed E-state index contributed by atoms with van der Waals surface area (Å²) < 4.78 is 0. The molecule has 108 valence electrons. The summed E-state index contributed by atoms with van der Waals surface area (Å²) in [5.41, 5.74) is 0. The van der Waals surface area contributed by atoms with Gasteiger partial charge in [-0.1, -0.05) is 20.8 Å². The Morgan fingerprint density at radius 2 is 1.79 bits per heavy atom. The maximum absolute atomic E-state index is 12.7. The molecule has 0 aromatic rings. The second-order valence-corrected chi connectivity index (χ2v) is 6.74. The molecule has 2 aliphatic carbocycles. The average molecular weight is 267 g/mol. The molecule has 3 unspecified atom stereocenters. The Bertz CT molecular complexity index is 362. The fourth-order valence-corrected chi connectivity index (χ4v) is 3.25. The number of nitrogens with zero attached hydrogens (tertiary/aromatic N) is 1. The lowest BCUT2D eigenvalue weighted by Crippen LogP contribution is -2.42. The van der Waals surface area contributed by atoms with Crippen molar-refractivity contribution in [2.75, 3.05) is 6.54 Å². The summed E-state index contributed by atoms with van der Waals surface area (Å²) in [4.78, 5) is 26.0. The van der Waals surface area contributed by atoms with Crippen LogP contribution in [0.15, 0.2) is 0 Å². The van der Waals surface area contributed by atoms with Crippen LogP contribution in [0.5, 0.6) is 0 Å². The minimum atomic E-state index is -0.803. The number of hydrogen-bond donors (Lipinski definition) is 1. The van der Waals surface area contributed by atoms with E-state index in [1.54, 1.807) is 0 Å². The van der Waals surface area contributed by atoms with E-state index in [0.717, 1.165) is 25.8 Å². The summed E-state index contributed by atoms with van der Waals surface area (Å²) in [6, 6.07) is 0.375. The maximum atomic E-state index is 12.7. The van der Waals surface area contributed by atoms with Gasteiger partial charge in [-0.15, -0.1) is 0 Å². The Hall–Kier alpha value is -1.06. The summed E-state index contributed by atoms with van der Waals surface area (Å²) in [7, 11) is 0. The second kappa shape index (κ2) is 5.51. The summed E-state index contributed by atoms with van der Waals surface area (Å²) in [5.74, 6) is -0.708. The van der Waals surface area contributed by atoms with Crippen LogP contribution >= 0.6 is 0 Å². The molecule has 2 fully saturated rings. The highest BCUT2D eigenvalue weighted by atomic mass is 16.4. The second-order valence-electron chi connectivity index (χ2n) is 6.74. The van der Waals surface area contributed by atoms with Crippen LogP contribution in [0.1, 0.15) is 46.5 Å². The predicted octanol–water partition coefficient (Wildman–Crippen LogP) is 2.38. The van der Waals surface area contributed by atoms with Gasteiger partial charge in [-0.3, -0.25) is 9.59 Å². The van der Waals surface area contributed by atoms with E-state index in [4.69, 9.17) is 0 Å². The Kier molecular flexibility index (Phi) is 4.16. The number of aliphatic carboxylic acids is 1. The zero-order chi connectivity index (χ0) is 14.2. The van der Waals surface area contributed by atoms with Crippen LogP contribution in [0.4, 0.5) is 0 Å². The van der Waals surface area contributed by atoms with E-state index in [0.29, 0.717) is 24.3 Å². The number of hydrogen-bond acceptors (Lipinski definition) is 2. The van der Waals surface area contributed by atoms with Gasteiger partial charge in [0, 0.05) is 12.6 Å². The fraction of sp³-hybridized carbons (Fsp3) is 0.867. The van der Waals surface area contributed by atoms with Crippen LogP contribution < -0.4 is 0 Å². The quantitative estimate of drug-likeness (QED) is 0.832. The highest BCUT2D eigenvalue weighted by Gasteiger charge is 2.45. The first kappa shape index (κ1) is 14.4. The Balaban J connectivity index is 2.09. The van der Waals surface area contributed by atoms with E-state index in [1.807, 2.05) is 11.8 Å². The molecular formula is C15H25NO3. The molecule has 0 saturated heterocycles. The van der Waals surface area contributed by atoms with Crippen LogP contribution in [0.3, 0.4) is 0 Å². The lowest BCUT2D eigenvalue weighted by molar-refractivity contribution is -0.149. The Labute approximate surface area is 115 Å². The van der Waals surface area contributed by atoms with E-state index < -0.39 is 11.9 Å². The van der Waals surface area contributed by atoms with Crippen molar-refractivity contribution < 1.29 is 14.7 Å². The minimum absolute atomic E-state index is 0.0907. The summed E-state index contributed by atoms with van der Waals surface area (Å²) in [5, 5.41) is 9.30. The summed E-state index contributed by atoms with van der Waals surface area (Å²) in [6.45, 7) is 7.02. The predicted molar refractivity (Wildman–Crippen MR) is 72.6 cm³/mol. The number of rotatable bonds is 5. The first-order chi connectivity index (χ1) is 8.90. The van der Waals surface area contributed by atoms with Crippen LogP contribution in [0.2, 0.25) is 0 Å². The van der Waals surface area contributed by atoms with Crippen LogP contribution in [0.25, 0.3) is 0 Å². The SMILES string of the molecule is CC(C)CN(C(=O)C1CC(C)CC1C(=O)O)C1CC1. The van der Waals surface area contributed by atoms with E-state index in [9.17, 15) is 14.7 Å². The molecule has 3 atom stereocenters. The minimum Gasteiger partial charge on any atom is -0.481 e. The van der Waals surface area contributed by atoms with Crippen LogP contribution in [-0.4, -0.2) is 34.5 Å². The number of amides is 1. The van der Waals surface area contributed by atoms with Crippen molar-refractivity contribution >= 4 is 11.9 Å². The Morgan fingerprint density at radius 1 is 1.21 bits per heavy atom. The van der Waals surface area contributed by atoms with E-state index in [-0.39, 0.29) is 11.8 Å². The largest absolute Gasteiger partial charge is 0.481 e. The topological polar surface area (TPSA) is 57.6 Å². The molecule has 0 aromatic heterocycles. The van der Waals surface area contributed by atoms with Gasteiger partial charge in [0.2, 0.25) is 5.91 Å². The molecule has 4 nitrogen and oxygen atoms in total. The molecule has 19 heavy (non-hydrogen) atoms. The first-order valence-corrected chi connectivity index (χ1v) is 7.43. The number of carboxylic acids is 1. The molecule has 1 amide bonds. The standard InChI is InChI=1S/C15H25NO3/c1-9(2)8-16(11-4-5-11)14(17)12-6-10(3)7-13(12)15(18)19/h9-13H,4-8H2,1-3H3,(H,18,19). The van der Waals surface area contributed by atoms with Crippen molar-refractivity contribution in [2.24, 2.45) is 23.7 Å². The van der Waals surface area contributed by atoms with Gasteiger partial charge in [0.15, 0.2) is 0 Å². The molecule has 2 saturated carbocycles. The molecule has 4 heteroatoms. The van der Waals surface area contributed by atoms with Crippen LogP contribution in [-0.2, 0) is 9.59 Å². The number of carboxylic acid groups (broad SMARTS) is 1. The van der Waals surface area contributed by atoms with E-state index in [1.165, 1.54) is 0 Å². The summed E-state index contributed by atoms with van der Waals surface area (Å²) in [6.07, 6.45) is 3.54. The molecule has 2 rings (SSSR count). The van der Waals surface area contributed by atoms with Gasteiger partial charge in [-0.25, -0.2) is 0 Å². The summed E-state index contributed by atoms with van der Waals surface area (Å²) >= 11 is 0. The molecule has 0 aliphatic heterocycles. The van der Waals surface area contributed by atoms with Gasteiger partial charge < -0.3 is 10.0 Å². The van der Waals surface area contributed by atoms with E-state index >= 15 is 0 Å². The number of carbonyl (C=O) groups excluding carboxylic acids is 1. The third kappa shape index (κ3) is 3.28. The smallest absolute Gasteiger partial charge is 0.307 e. The average Bonchev–Trinajstić information content (AvgIpc) is 3.07. The van der Waals surface area contributed by atoms with Crippen molar-refractivity contribution in [2.45, 2.75) is 52.5 Å². The zero-order valence-corrected chi connectivity index (χ0v) is 12.1. The molecule has 0 bridgehead atoms.